The molecule has 1 saturated carbocycles. The number of cyclic esters (lactones) is 1. The fraction of sp³-hybridized carbons (Fsp3) is 0.438. The van der Waals surface area contributed by atoms with Crippen LogP contribution in [0.4, 0.5) is 9.93 Å². The van der Waals surface area contributed by atoms with Crippen molar-refractivity contribution in [2.24, 2.45) is 5.16 Å². The van der Waals surface area contributed by atoms with Crippen LogP contribution < -0.4 is 11.1 Å². The van der Waals surface area contributed by atoms with Gasteiger partial charge in [0, 0.05) is 18.2 Å². The second kappa shape index (κ2) is 8.43. The van der Waals surface area contributed by atoms with Crippen LogP contribution in [-0.4, -0.2) is 98.6 Å². The van der Waals surface area contributed by atoms with Crippen molar-refractivity contribution >= 4 is 62.3 Å². The number of aliphatic carboxylic acids is 1. The number of rotatable bonds is 9. The first kappa shape index (κ1) is 24.3. The molecule has 188 valence electrons. The number of nitrogens with zero attached hydrogens (tertiary/aromatic N) is 4. The number of hydrogen-bond donors (Lipinski definition) is 4. The third-order valence-electron chi connectivity index (χ3n) is 5.30. The first-order valence-electron chi connectivity index (χ1n) is 9.64. The Morgan fingerprint density at radius 2 is 2.06 bits per heavy atom. The number of thiazole rings is 1. The summed E-state index contributed by atoms with van der Waals surface area (Å²) in [5, 5.41) is 16.4. The maximum absolute atomic E-state index is 13.0. The highest BCUT2D eigenvalue weighted by Gasteiger charge is 2.57. The van der Waals surface area contributed by atoms with Crippen LogP contribution in [0.5, 0.6) is 0 Å². The normalized spacial score (nSPS) is 23.6. The standard InChI is InChI=1S/C16H16N6O11S2/c17-14-18-6(5-34-14)9(20-33-16(1-2-16)13(26)27)11(24)19-10-7(22(12(10)25)35(29,30)31)3-21-8(23)4-32-15(21)28/h5,7,10H,1-4H2,(H2,17,18)(H,19,24)(H,26,27)(H,29,30,31)/b20-9-. The molecule has 2 saturated heterocycles. The van der Waals surface area contributed by atoms with Crippen molar-refractivity contribution in [3.63, 3.8) is 0 Å². The molecule has 2 aliphatic heterocycles. The van der Waals surface area contributed by atoms with E-state index < -0.39 is 76.6 Å². The Labute approximate surface area is 199 Å². The van der Waals surface area contributed by atoms with Gasteiger partial charge in [-0.05, 0) is 0 Å². The highest BCUT2D eigenvalue weighted by Crippen LogP contribution is 2.40. The van der Waals surface area contributed by atoms with Gasteiger partial charge in [-0.25, -0.2) is 23.8 Å². The van der Waals surface area contributed by atoms with Crippen LogP contribution >= 0.6 is 11.3 Å². The van der Waals surface area contributed by atoms with Crippen molar-refractivity contribution in [1.82, 2.24) is 19.5 Å². The number of nitrogen functional groups attached to an aromatic ring is 1. The number of hydrogen-bond acceptors (Lipinski definition) is 13. The first-order chi connectivity index (χ1) is 16.3. The van der Waals surface area contributed by atoms with E-state index in [2.05, 4.69) is 20.2 Å². The Morgan fingerprint density at radius 3 is 2.54 bits per heavy atom. The van der Waals surface area contributed by atoms with Crippen molar-refractivity contribution < 1.29 is 51.6 Å². The first-order valence-corrected chi connectivity index (χ1v) is 11.9. The van der Waals surface area contributed by atoms with Crippen LogP contribution in [0.3, 0.4) is 0 Å². The maximum atomic E-state index is 13.0. The summed E-state index contributed by atoms with van der Waals surface area (Å²) in [6.07, 6.45) is -0.842. The van der Waals surface area contributed by atoms with E-state index in [0.717, 1.165) is 11.3 Å². The zero-order chi connectivity index (χ0) is 25.7. The van der Waals surface area contributed by atoms with Gasteiger partial charge in [-0.2, -0.15) is 8.42 Å². The summed E-state index contributed by atoms with van der Waals surface area (Å²) < 4.78 is 37.2. The Kier molecular flexibility index (Phi) is 5.85. The number of carbonyl (C=O) groups is 5. The predicted octanol–water partition coefficient (Wildman–Crippen LogP) is -2.46. The van der Waals surface area contributed by atoms with Gasteiger partial charge in [0.15, 0.2) is 17.5 Å². The maximum Gasteiger partial charge on any atom is 0.417 e. The number of nitrogens with two attached hydrogens (primary N) is 1. The number of anilines is 1. The van der Waals surface area contributed by atoms with E-state index in [4.69, 9.17) is 10.6 Å². The quantitative estimate of drug-likeness (QED) is 0.112. The molecule has 19 heteroatoms. The van der Waals surface area contributed by atoms with E-state index >= 15 is 0 Å². The SMILES string of the molecule is Nc1nc(/C(=N/OC2(C(=O)O)CC2)C(=O)NC2C(=O)N(S(=O)(=O)O)C2CN2C(=O)COC2=O)cs1. The van der Waals surface area contributed by atoms with Gasteiger partial charge in [-0.15, -0.1) is 11.3 Å². The average molecular weight is 532 g/mol. The Bertz CT molecular complexity index is 1250. The molecule has 2 atom stereocenters. The fourth-order valence-corrected chi connectivity index (χ4v) is 4.71. The summed E-state index contributed by atoms with van der Waals surface area (Å²) in [5.74, 6) is -4.54. The van der Waals surface area contributed by atoms with Gasteiger partial charge < -0.3 is 25.7 Å². The minimum Gasteiger partial charge on any atom is -0.478 e. The summed E-state index contributed by atoms with van der Waals surface area (Å²) in [6.45, 7) is -1.32. The molecule has 0 spiro atoms. The molecular formula is C16H16N6O11S2. The second-order valence-corrected chi connectivity index (χ2v) is 9.77. The highest BCUT2D eigenvalue weighted by molar-refractivity contribution is 7.84. The number of carboxylic acids is 1. The molecule has 1 aromatic heterocycles. The van der Waals surface area contributed by atoms with Crippen LogP contribution in [0, 0.1) is 0 Å². The van der Waals surface area contributed by atoms with Crippen LogP contribution in [0.1, 0.15) is 18.5 Å². The van der Waals surface area contributed by atoms with Crippen LogP contribution in [-0.2, 0) is 39.1 Å². The number of carboxylic acid groups (broad SMARTS) is 1. The van der Waals surface area contributed by atoms with E-state index in [1.807, 2.05) is 0 Å². The topological polar surface area (TPSA) is 248 Å². The predicted molar refractivity (Wildman–Crippen MR) is 111 cm³/mol. The van der Waals surface area contributed by atoms with Gasteiger partial charge >= 0.3 is 22.4 Å². The Morgan fingerprint density at radius 1 is 1.37 bits per heavy atom. The molecule has 0 aromatic carbocycles. The smallest absolute Gasteiger partial charge is 0.417 e. The number of amides is 4. The number of oxime groups is 1. The molecule has 1 aromatic rings. The summed E-state index contributed by atoms with van der Waals surface area (Å²) in [7, 11) is -5.11. The summed E-state index contributed by atoms with van der Waals surface area (Å²) >= 11 is 0.922. The van der Waals surface area contributed by atoms with Gasteiger partial charge in [-0.3, -0.25) is 18.9 Å². The molecule has 5 N–H and O–H groups in total. The lowest BCUT2D eigenvalue weighted by Crippen LogP contribution is -2.74. The molecule has 4 amide bonds. The van der Waals surface area contributed by atoms with Gasteiger partial charge in [0.25, 0.3) is 17.7 Å². The summed E-state index contributed by atoms with van der Waals surface area (Å²) in [5.41, 5.74) is 3.25. The molecule has 17 nitrogen and oxygen atoms in total. The van der Waals surface area contributed by atoms with Gasteiger partial charge in [-0.1, -0.05) is 5.16 Å². The van der Waals surface area contributed by atoms with Crippen molar-refractivity contribution in [2.45, 2.75) is 30.5 Å². The number of ether oxygens (including phenoxy) is 1. The van der Waals surface area contributed by atoms with Gasteiger partial charge in [0.1, 0.15) is 11.7 Å². The minimum absolute atomic E-state index is 0.00537. The third kappa shape index (κ3) is 4.47. The molecule has 4 rings (SSSR count). The molecule has 2 unspecified atom stereocenters. The van der Waals surface area contributed by atoms with Crippen molar-refractivity contribution in [2.75, 3.05) is 18.9 Å². The van der Waals surface area contributed by atoms with Crippen LogP contribution in [0.2, 0.25) is 0 Å². The fourth-order valence-electron chi connectivity index (χ4n) is 3.29. The Hall–Kier alpha value is -3.84. The van der Waals surface area contributed by atoms with E-state index in [0.29, 0.717) is 4.90 Å². The lowest BCUT2D eigenvalue weighted by Gasteiger charge is -2.44. The molecular weight excluding hydrogens is 516 g/mol. The molecule has 0 bridgehead atoms. The Balaban J connectivity index is 1.59. The monoisotopic (exact) mass is 532 g/mol. The molecule has 3 fully saturated rings. The molecule has 35 heavy (non-hydrogen) atoms. The van der Waals surface area contributed by atoms with E-state index in [-0.39, 0.29) is 28.0 Å². The molecule has 1 aliphatic carbocycles. The van der Waals surface area contributed by atoms with E-state index in [1.165, 1.54) is 5.38 Å². The minimum atomic E-state index is -5.11. The average Bonchev–Trinajstić information content (AvgIpc) is 3.35. The number of carbonyl (C=O) groups excluding carboxylic acids is 4. The van der Waals surface area contributed by atoms with E-state index in [1.54, 1.807) is 0 Å². The van der Waals surface area contributed by atoms with Crippen molar-refractivity contribution in [3.05, 3.63) is 11.1 Å². The number of β-lactam (4-membered cyclic amide) rings is 1. The lowest BCUT2D eigenvalue weighted by molar-refractivity contribution is -0.153. The van der Waals surface area contributed by atoms with Gasteiger partial charge in [0.05, 0.1) is 12.6 Å². The summed E-state index contributed by atoms with van der Waals surface area (Å²) in [4.78, 5) is 69.8. The van der Waals surface area contributed by atoms with Crippen LogP contribution in [0.25, 0.3) is 0 Å². The number of imide groups is 1. The largest absolute Gasteiger partial charge is 0.478 e. The highest BCUT2D eigenvalue weighted by atomic mass is 32.2. The third-order valence-corrected chi connectivity index (χ3v) is 6.92. The lowest BCUT2D eigenvalue weighted by atomic mass is 9.97. The molecule has 3 heterocycles. The van der Waals surface area contributed by atoms with Crippen molar-refractivity contribution in [3.8, 4) is 0 Å². The zero-order valence-electron chi connectivity index (χ0n) is 17.3. The van der Waals surface area contributed by atoms with Crippen molar-refractivity contribution in [1.29, 1.82) is 0 Å². The molecule has 3 aliphatic rings. The van der Waals surface area contributed by atoms with Gasteiger partial charge in [0.2, 0.25) is 5.60 Å². The molecule has 0 radical (unpaired) electrons. The zero-order valence-corrected chi connectivity index (χ0v) is 18.9. The van der Waals surface area contributed by atoms with E-state index in [9.17, 15) is 42.0 Å². The second-order valence-electron chi connectivity index (χ2n) is 7.59. The number of aromatic nitrogens is 1. The van der Waals surface area contributed by atoms with Crippen LogP contribution in [0.15, 0.2) is 10.5 Å². The number of nitrogens with one attached hydrogen (secondary N) is 1. The summed E-state index contributed by atoms with van der Waals surface area (Å²) in [6, 6.07) is -3.21.